The number of aromatic nitrogens is 4. The monoisotopic (exact) mass is 497 g/mol. The Hall–Kier alpha value is -3.02. The van der Waals surface area contributed by atoms with E-state index in [4.69, 9.17) is 4.42 Å². The van der Waals surface area contributed by atoms with E-state index in [-0.39, 0.29) is 21.6 Å². The SMILES string of the molecule is C[C@H](Sc1nnc(-c2cccc(S(=O)(=O)N3CCCCC3)c2)o1)c1nc2ccccc2c(=O)[nH]1. The van der Waals surface area contributed by atoms with Crippen LogP contribution in [-0.4, -0.2) is 46.0 Å². The molecule has 0 spiro atoms. The van der Waals surface area contributed by atoms with Crippen LogP contribution in [0, 0.1) is 0 Å². The molecular weight excluding hydrogens is 474 g/mol. The molecule has 1 aliphatic rings. The number of nitrogens with one attached hydrogen (secondary N) is 1. The molecule has 9 nitrogen and oxygen atoms in total. The predicted molar refractivity (Wildman–Crippen MR) is 129 cm³/mol. The van der Waals surface area contributed by atoms with Gasteiger partial charge in [-0.3, -0.25) is 4.79 Å². The molecule has 1 fully saturated rings. The summed E-state index contributed by atoms with van der Waals surface area (Å²) < 4.78 is 33.4. The van der Waals surface area contributed by atoms with Crippen molar-refractivity contribution in [3.05, 3.63) is 64.7 Å². The first-order valence-electron chi connectivity index (χ1n) is 11.0. The van der Waals surface area contributed by atoms with Crippen LogP contribution in [0.2, 0.25) is 0 Å². The maximum Gasteiger partial charge on any atom is 0.277 e. The van der Waals surface area contributed by atoms with Gasteiger partial charge in [0.2, 0.25) is 15.9 Å². The Morgan fingerprint density at radius 1 is 1.06 bits per heavy atom. The number of para-hydroxylation sites is 1. The van der Waals surface area contributed by atoms with Gasteiger partial charge < -0.3 is 9.40 Å². The van der Waals surface area contributed by atoms with Crippen molar-refractivity contribution in [2.75, 3.05) is 13.1 Å². The third kappa shape index (κ3) is 4.50. The van der Waals surface area contributed by atoms with Crippen LogP contribution in [0.4, 0.5) is 0 Å². The van der Waals surface area contributed by atoms with Gasteiger partial charge in [-0.1, -0.05) is 36.4 Å². The zero-order valence-corrected chi connectivity index (χ0v) is 20.1. The van der Waals surface area contributed by atoms with E-state index in [1.54, 1.807) is 42.5 Å². The van der Waals surface area contributed by atoms with Gasteiger partial charge in [0.15, 0.2) is 0 Å². The van der Waals surface area contributed by atoms with Crippen LogP contribution in [-0.2, 0) is 10.0 Å². The Bertz CT molecular complexity index is 1490. The van der Waals surface area contributed by atoms with Crippen molar-refractivity contribution >= 4 is 32.7 Å². The summed E-state index contributed by atoms with van der Waals surface area (Å²) >= 11 is 1.26. The zero-order chi connectivity index (χ0) is 23.7. The van der Waals surface area contributed by atoms with Crippen molar-refractivity contribution in [1.29, 1.82) is 0 Å². The van der Waals surface area contributed by atoms with E-state index in [1.165, 1.54) is 16.1 Å². The van der Waals surface area contributed by atoms with Crippen LogP contribution in [0.1, 0.15) is 37.3 Å². The molecule has 2 aromatic carbocycles. The fourth-order valence-electron chi connectivity index (χ4n) is 3.92. The third-order valence-electron chi connectivity index (χ3n) is 5.73. The smallest absolute Gasteiger partial charge is 0.277 e. The number of fused-ring (bicyclic) bond motifs is 1. The predicted octanol–water partition coefficient (Wildman–Crippen LogP) is 4.00. The topological polar surface area (TPSA) is 122 Å². The van der Waals surface area contributed by atoms with Crippen molar-refractivity contribution in [3.63, 3.8) is 0 Å². The van der Waals surface area contributed by atoms with Gasteiger partial charge in [-0.25, -0.2) is 13.4 Å². The van der Waals surface area contributed by atoms with Crippen LogP contribution >= 0.6 is 11.8 Å². The highest BCUT2D eigenvalue weighted by molar-refractivity contribution is 7.99. The number of piperidine rings is 1. The van der Waals surface area contributed by atoms with Crippen molar-refractivity contribution in [1.82, 2.24) is 24.5 Å². The number of hydrogen-bond acceptors (Lipinski definition) is 8. The number of rotatable bonds is 6. The molecule has 0 bridgehead atoms. The van der Waals surface area contributed by atoms with E-state index in [0.29, 0.717) is 40.6 Å². The average Bonchev–Trinajstić information content (AvgIpc) is 3.33. The standard InChI is InChI=1S/C23H23N5O4S2/c1-15(20-24-19-11-4-3-10-18(19)21(29)25-20)33-23-27-26-22(32-23)16-8-7-9-17(14-16)34(30,31)28-12-5-2-6-13-28/h3-4,7-11,14-15H,2,5-6,12-13H2,1H3,(H,24,25,29)/t15-/m0/s1. The minimum absolute atomic E-state index is 0.203. The molecule has 0 radical (unpaired) electrons. The molecule has 4 aromatic rings. The molecule has 0 unspecified atom stereocenters. The first-order valence-corrected chi connectivity index (χ1v) is 13.3. The Labute approximate surface area is 200 Å². The fourth-order valence-corrected chi connectivity index (χ4v) is 6.23. The van der Waals surface area contributed by atoms with E-state index in [9.17, 15) is 13.2 Å². The highest BCUT2D eigenvalue weighted by Crippen LogP contribution is 2.34. The number of nitrogens with zero attached hydrogens (tertiary/aromatic N) is 4. The molecule has 2 aromatic heterocycles. The first-order chi connectivity index (χ1) is 16.4. The number of H-pyrrole nitrogens is 1. The van der Waals surface area contributed by atoms with Gasteiger partial charge in [-0.2, -0.15) is 4.31 Å². The quantitative estimate of drug-likeness (QED) is 0.397. The summed E-state index contributed by atoms with van der Waals surface area (Å²) in [5.74, 6) is 0.730. The number of thioether (sulfide) groups is 1. The van der Waals surface area contributed by atoms with Crippen molar-refractivity contribution < 1.29 is 12.8 Å². The van der Waals surface area contributed by atoms with Gasteiger partial charge in [0, 0.05) is 18.7 Å². The van der Waals surface area contributed by atoms with Crippen LogP contribution in [0.5, 0.6) is 0 Å². The second-order valence-corrected chi connectivity index (χ2v) is 11.3. The van der Waals surface area contributed by atoms with Gasteiger partial charge in [-0.15, -0.1) is 10.2 Å². The van der Waals surface area contributed by atoms with Gasteiger partial charge in [0.05, 0.1) is 21.0 Å². The Morgan fingerprint density at radius 2 is 1.85 bits per heavy atom. The molecule has 1 N–H and O–H groups in total. The van der Waals surface area contributed by atoms with E-state index in [2.05, 4.69) is 20.2 Å². The molecule has 0 aliphatic carbocycles. The second kappa shape index (κ2) is 9.32. The lowest BCUT2D eigenvalue weighted by Gasteiger charge is -2.25. The van der Waals surface area contributed by atoms with E-state index < -0.39 is 10.0 Å². The molecule has 1 atom stereocenters. The molecule has 3 heterocycles. The summed E-state index contributed by atoms with van der Waals surface area (Å²) in [4.78, 5) is 19.9. The number of benzene rings is 2. The van der Waals surface area contributed by atoms with Crippen LogP contribution < -0.4 is 5.56 Å². The van der Waals surface area contributed by atoms with Crippen molar-refractivity contribution in [2.24, 2.45) is 0 Å². The zero-order valence-electron chi connectivity index (χ0n) is 18.5. The Kier molecular flexibility index (Phi) is 6.24. The lowest BCUT2D eigenvalue weighted by atomic mass is 10.2. The largest absolute Gasteiger partial charge is 0.411 e. The number of aromatic amines is 1. The van der Waals surface area contributed by atoms with E-state index in [1.807, 2.05) is 13.0 Å². The molecule has 0 saturated carbocycles. The van der Waals surface area contributed by atoms with E-state index >= 15 is 0 Å². The lowest BCUT2D eigenvalue weighted by Crippen LogP contribution is -2.35. The summed E-state index contributed by atoms with van der Waals surface area (Å²) in [7, 11) is -3.57. The van der Waals surface area contributed by atoms with Crippen LogP contribution in [0.15, 0.2) is 67.9 Å². The summed E-state index contributed by atoms with van der Waals surface area (Å²) in [6, 6.07) is 13.7. The summed E-state index contributed by atoms with van der Waals surface area (Å²) in [6.45, 7) is 2.96. The lowest BCUT2D eigenvalue weighted by molar-refractivity contribution is 0.346. The molecule has 11 heteroatoms. The minimum atomic E-state index is -3.57. The van der Waals surface area contributed by atoms with Crippen molar-refractivity contribution in [3.8, 4) is 11.5 Å². The molecular formula is C23H23N5O4S2. The maximum absolute atomic E-state index is 13.0. The van der Waals surface area contributed by atoms with Crippen molar-refractivity contribution in [2.45, 2.75) is 41.6 Å². The molecule has 1 aliphatic heterocycles. The van der Waals surface area contributed by atoms with E-state index in [0.717, 1.165) is 19.3 Å². The summed E-state index contributed by atoms with van der Waals surface area (Å²) in [6.07, 6.45) is 2.80. The number of hydrogen-bond donors (Lipinski definition) is 1. The van der Waals surface area contributed by atoms with Gasteiger partial charge in [0.1, 0.15) is 5.82 Å². The van der Waals surface area contributed by atoms with Gasteiger partial charge >= 0.3 is 0 Å². The molecule has 5 rings (SSSR count). The fraction of sp³-hybridized carbons (Fsp3) is 0.304. The normalized spacial score (nSPS) is 16.0. The highest BCUT2D eigenvalue weighted by atomic mass is 32.2. The third-order valence-corrected chi connectivity index (χ3v) is 8.57. The Balaban J connectivity index is 1.36. The molecule has 34 heavy (non-hydrogen) atoms. The summed E-state index contributed by atoms with van der Waals surface area (Å²) in [5, 5.41) is 8.76. The van der Waals surface area contributed by atoms with Gasteiger partial charge in [-0.05, 0) is 50.1 Å². The summed E-state index contributed by atoms with van der Waals surface area (Å²) in [5.41, 5.74) is 0.944. The maximum atomic E-state index is 13.0. The van der Waals surface area contributed by atoms with Crippen LogP contribution in [0.3, 0.4) is 0 Å². The minimum Gasteiger partial charge on any atom is -0.411 e. The second-order valence-electron chi connectivity index (χ2n) is 8.09. The average molecular weight is 498 g/mol. The van der Waals surface area contributed by atoms with Crippen LogP contribution in [0.25, 0.3) is 22.4 Å². The highest BCUT2D eigenvalue weighted by Gasteiger charge is 2.26. The molecule has 1 saturated heterocycles. The molecule has 0 amide bonds. The first kappa shape index (κ1) is 22.8. The molecule has 176 valence electrons. The Morgan fingerprint density at radius 3 is 2.68 bits per heavy atom. The van der Waals surface area contributed by atoms with Gasteiger partial charge in [0.25, 0.3) is 10.8 Å². The number of sulfonamides is 1.